The van der Waals surface area contributed by atoms with Crippen LogP contribution in [0.2, 0.25) is 0 Å². The molecule has 3 rings (SSSR count). The van der Waals surface area contributed by atoms with Crippen molar-refractivity contribution in [1.29, 1.82) is 0 Å². The van der Waals surface area contributed by atoms with Crippen LogP contribution in [0.4, 0.5) is 0 Å². The summed E-state index contributed by atoms with van der Waals surface area (Å²) in [4.78, 5) is 0.307. The van der Waals surface area contributed by atoms with Gasteiger partial charge in [0, 0.05) is 18.3 Å². The highest BCUT2D eigenvalue weighted by atomic mass is 32.2. The standard InChI is InChI=1S/C17H25NO4S2/c1-12(2)13-4-8-16(9-5-13)24(21,22)18-14-6-7-15(18)11-17(10-14)23(3,19)20/h4-5,8-9,12,14-15,17H,6-7,10-11H2,1-3H3. The minimum Gasteiger partial charge on any atom is -0.229 e. The predicted octanol–water partition coefficient (Wildman–Crippen LogP) is 2.54. The quantitative estimate of drug-likeness (QED) is 0.815. The lowest BCUT2D eigenvalue weighted by molar-refractivity contribution is 0.249. The fraction of sp³-hybridized carbons (Fsp3) is 0.647. The third kappa shape index (κ3) is 3.13. The second-order valence-electron chi connectivity index (χ2n) is 7.37. The number of hydrogen-bond donors (Lipinski definition) is 0. The Kier molecular flexibility index (Phi) is 4.55. The number of nitrogens with zero attached hydrogens (tertiary/aromatic N) is 1. The lowest BCUT2D eigenvalue weighted by Crippen LogP contribution is -2.49. The summed E-state index contributed by atoms with van der Waals surface area (Å²) in [6, 6.07) is 6.68. The van der Waals surface area contributed by atoms with Crippen LogP contribution in [-0.2, 0) is 19.9 Å². The van der Waals surface area contributed by atoms with E-state index in [9.17, 15) is 16.8 Å². The highest BCUT2D eigenvalue weighted by Gasteiger charge is 2.49. The van der Waals surface area contributed by atoms with Gasteiger partial charge in [0.25, 0.3) is 0 Å². The van der Waals surface area contributed by atoms with E-state index in [2.05, 4.69) is 13.8 Å². The van der Waals surface area contributed by atoms with Crippen LogP contribution in [0.3, 0.4) is 0 Å². The molecule has 2 heterocycles. The number of sulfonamides is 1. The molecule has 2 aliphatic rings. The van der Waals surface area contributed by atoms with E-state index in [1.165, 1.54) is 6.26 Å². The molecule has 2 saturated heterocycles. The summed E-state index contributed by atoms with van der Waals surface area (Å²) in [6.07, 6.45) is 3.59. The molecule has 2 fully saturated rings. The zero-order valence-corrected chi connectivity index (χ0v) is 16.0. The first-order chi connectivity index (χ1) is 11.1. The van der Waals surface area contributed by atoms with E-state index in [-0.39, 0.29) is 12.1 Å². The second-order valence-corrected chi connectivity index (χ2v) is 11.5. The van der Waals surface area contributed by atoms with E-state index in [4.69, 9.17) is 0 Å². The molecule has 0 spiro atoms. The van der Waals surface area contributed by atoms with Crippen molar-refractivity contribution in [2.75, 3.05) is 6.26 Å². The topological polar surface area (TPSA) is 71.5 Å². The first-order valence-electron chi connectivity index (χ1n) is 8.43. The van der Waals surface area contributed by atoms with Crippen molar-refractivity contribution in [2.45, 2.75) is 67.7 Å². The predicted molar refractivity (Wildman–Crippen MR) is 94.2 cm³/mol. The van der Waals surface area contributed by atoms with Gasteiger partial charge in [-0.25, -0.2) is 16.8 Å². The van der Waals surface area contributed by atoms with E-state index < -0.39 is 25.1 Å². The Balaban J connectivity index is 1.89. The third-order valence-electron chi connectivity index (χ3n) is 5.35. The summed E-state index contributed by atoms with van der Waals surface area (Å²) >= 11 is 0. The molecule has 2 atom stereocenters. The van der Waals surface area contributed by atoms with Crippen molar-refractivity contribution < 1.29 is 16.8 Å². The summed E-state index contributed by atoms with van der Waals surface area (Å²) < 4.78 is 51.4. The molecule has 24 heavy (non-hydrogen) atoms. The van der Waals surface area contributed by atoms with Crippen molar-refractivity contribution >= 4 is 19.9 Å². The first kappa shape index (κ1) is 17.9. The maximum Gasteiger partial charge on any atom is 0.243 e. The molecule has 0 N–H and O–H groups in total. The van der Waals surface area contributed by atoms with Gasteiger partial charge in [0.15, 0.2) is 0 Å². The van der Waals surface area contributed by atoms with E-state index in [0.717, 1.165) is 18.4 Å². The van der Waals surface area contributed by atoms with Crippen molar-refractivity contribution in [3.05, 3.63) is 29.8 Å². The van der Waals surface area contributed by atoms with Crippen molar-refractivity contribution in [1.82, 2.24) is 4.31 Å². The smallest absolute Gasteiger partial charge is 0.229 e. The van der Waals surface area contributed by atoms with Gasteiger partial charge in [-0.1, -0.05) is 26.0 Å². The number of hydrogen-bond acceptors (Lipinski definition) is 4. The van der Waals surface area contributed by atoms with Crippen LogP contribution in [-0.4, -0.2) is 44.7 Å². The normalized spacial score (nSPS) is 28.4. The summed E-state index contributed by atoms with van der Waals surface area (Å²) in [7, 11) is -6.69. The summed E-state index contributed by atoms with van der Waals surface area (Å²) in [6.45, 7) is 4.14. The zero-order valence-electron chi connectivity index (χ0n) is 14.3. The van der Waals surface area contributed by atoms with Crippen LogP contribution in [0.1, 0.15) is 51.0 Å². The number of benzene rings is 1. The highest BCUT2D eigenvalue weighted by molar-refractivity contribution is 7.91. The summed E-state index contributed by atoms with van der Waals surface area (Å²) in [5.74, 6) is 0.350. The fourth-order valence-electron chi connectivity index (χ4n) is 3.97. The van der Waals surface area contributed by atoms with Crippen molar-refractivity contribution in [3.8, 4) is 0 Å². The Morgan fingerprint density at radius 2 is 1.46 bits per heavy atom. The van der Waals surface area contributed by atoms with E-state index in [0.29, 0.717) is 23.7 Å². The molecule has 0 aliphatic carbocycles. The SMILES string of the molecule is CC(C)c1ccc(S(=O)(=O)N2C3CCC2CC(S(C)(=O)=O)C3)cc1. The molecule has 0 radical (unpaired) electrons. The fourth-order valence-corrected chi connectivity index (χ4v) is 7.01. The largest absolute Gasteiger partial charge is 0.243 e. The number of sulfone groups is 1. The van der Waals surface area contributed by atoms with Gasteiger partial charge in [-0.15, -0.1) is 0 Å². The molecule has 1 aromatic carbocycles. The van der Waals surface area contributed by atoms with E-state index in [1.54, 1.807) is 16.4 Å². The maximum atomic E-state index is 13.1. The van der Waals surface area contributed by atoms with Crippen molar-refractivity contribution in [2.24, 2.45) is 0 Å². The van der Waals surface area contributed by atoms with E-state index in [1.807, 2.05) is 12.1 Å². The average molecular weight is 372 g/mol. The van der Waals surface area contributed by atoms with Gasteiger partial charge in [-0.3, -0.25) is 0 Å². The lowest BCUT2D eigenvalue weighted by Gasteiger charge is -2.37. The average Bonchev–Trinajstić information content (AvgIpc) is 2.78. The van der Waals surface area contributed by atoms with Gasteiger partial charge in [0.1, 0.15) is 9.84 Å². The van der Waals surface area contributed by atoms with Crippen LogP contribution < -0.4 is 0 Å². The van der Waals surface area contributed by atoms with Crippen LogP contribution in [0.15, 0.2) is 29.2 Å². The third-order valence-corrected chi connectivity index (χ3v) is 8.97. The minimum absolute atomic E-state index is 0.196. The number of rotatable bonds is 4. The maximum absolute atomic E-state index is 13.1. The Labute approximate surface area is 145 Å². The molecule has 1 aromatic rings. The van der Waals surface area contributed by atoms with Gasteiger partial charge in [-0.05, 0) is 49.3 Å². The Hall–Kier alpha value is -0.920. The molecule has 2 aliphatic heterocycles. The molecule has 2 unspecified atom stereocenters. The van der Waals surface area contributed by atoms with Gasteiger partial charge in [-0.2, -0.15) is 4.31 Å². The van der Waals surface area contributed by atoms with Crippen LogP contribution in [0, 0.1) is 0 Å². The van der Waals surface area contributed by atoms with Crippen LogP contribution in [0.5, 0.6) is 0 Å². The number of fused-ring (bicyclic) bond motifs is 2. The summed E-state index contributed by atoms with van der Waals surface area (Å²) in [5.41, 5.74) is 1.10. The molecule has 0 amide bonds. The Morgan fingerprint density at radius 1 is 0.958 bits per heavy atom. The molecular formula is C17H25NO4S2. The molecule has 2 bridgehead atoms. The first-order valence-corrected chi connectivity index (χ1v) is 11.8. The van der Waals surface area contributed by atoms with E-state index >= 15 is 0 Å². The van der Waals surface area contributed by atoms with Crippen LogP contribution >= 0.6 is 0 Å². The number of piperidine rings is 1. The zero-order chi connectivity index (χ0) is 17.7. The molecule has 0 aromatic heterocycles. The molecule has 5 nitrogen and oxygen atoms in total. The van der Waals surface area contributed by atoms with Crippen LogP contribution in [0.25, 0.3) is 0 Å². The second kappa shape index (κ2) is 6.11. The Bertz CT molecular complexity index is 799. The summed E-state index contributed by atoms with van der Waals surface area (Å²) in [5, 5.41) is -0.412. The molecule has 7 heteroatoms. The highest BCUT2D eigenvalue weighted by Crippen LogP contribution is 2.41. The van der Waals surface area contributed by atoms with Gasteiger partial charge in [0.05, 0.1) is 10.1 Å². The Morgan fingerprint density at radius 3 is 1.88 bits per heavy atom. The van der Waals surface area contributed by atoms with Gasteiger partial charge < -0.3 is 0 Å². The molecular weight excluding hydrogens is 346 g/mol. The molecule has 134 valence electrons. The van der Waals surface area contributed by atoms with Gasteiger partial charge >= 0.3 is 0 Å². The monoisotopic (exact) mass is 371 g/mol. The lowest BCUT2D eigenvalue weighted by atomic mass is 10.0. The van der Waals surface area contributed by atoms with Gasteiger partial charge in [0.2, 0.25) is 10.0 Å². The molecule has 0 saturated carbocycles. The minimum atomic E-state index is -3.57. The van der Waals surface area contributed by atoms with Crippen molar-refractivity contribution in [3.63, 3.8) is 0 Å².